The lowest BCUT2D eigenvalue weighted by atomic mass is 10.1. The maximum absolute atomic E-state index is 12.4. The van der Waals surface area contributed by atoms with E-state index in [0.717, 1.165) is 10.4 Å². The Balaban J connectivity index is 1.78. The monoisotopic (exact) mass is 414 g/mol. The van der Waals surface area contributed by atoms with E-state index in [2.05, 4.69) is 9.97 Å². The molecule has 3 rings (SSSR count). The average molecular weight is 414 g/mol. The number of aromatic nitrogens is 2. The van der Waals surface area contributed by atoms with E-state index < -0.39 is 12.1 Å². The van der Waals surface area contributed by atoms with Gasteiger partial charge in [-0.2, -0.15) is 0 Å². The van der Waals surface area contributed by atoms with Gasteiger partial charge in [-0.3, -0.25) is 4.79 Å². The summed E-state index contributed by atoms with van der Waals surface area (Å²) < 4.78 is 15.9. The number of fused-ring (bicyclic) bond motifs is 1. The predicted molar refractivity (Wildman–Crippen MR) is 113 cm³/mol. The zero-order valence-corrected chi connectivity index (χ0v) is 17.7. The normalized spacial score (nSPS) is 12.3. The van der Waals surface area contributed by atoms with Gasteiger partial charge < -0.3 is 19.2 Å². The molecule has 1 aromatic carbocycles. The molecule has 29 heavy (non-hydrogen) atoms. The summed E-state index contributed by atoms with van der Waals surface area (Å²) in [5.74, 6) is 0.986. The van der Waals surface area contributed by atoms with E-state index in [1.807, 2.05) is 13.8 Å². The number of H-pyrrole nitrogens is 1. The van der Waals surface area contributed by atoms with Crippen molar-refractivity contribution in [1.29, 1.82) is 0 Å². The van der Waals surface area contributed by atoms with Crippen molar-refractivity contribution in [2.45, 2.75) is 26.9 Å². The number of aromatic amines is 1. The molecule has 8 heteroatoms. The third-order valence-electron chi connectivity index (χ3n) is 4.57. The molecule has 3 aromatic rings. The largest absolute Gasteiger partial charge is 0.497 e. The lowest BCUT2D eigenvalue weighted by Gasteiger charge is -2.11. The number of ether oxygens (including phenoxy) is 3. The summed E-state index contributed by atoms with van der Waals surface area (Å²) in [5.41, 5.74) is 1.37. The number of esters is 1. The molecule has 0 aliphatic carbocycles. The maximum atomic E-state index is 12.4. The second-order valence-corrected chi connectivity index (χ2v) is 7.64. The molecule has 0 saturated heterocycles. The molecular weight excluding hydrogens is 392 g/mol. The molecule has 0 aliphatic rings. The zero-order chi connectivity index (χ0) is 21.1. The molecule has 0 fully saturated rings. The second kappa shape index (κ2) is 8.48. The van der Waals surface area contributed by atoms with Gasteiger partial charge in [0.15, 0.2) is 11.9 Å². The summed E-state index contributed by atoms with van der Waals surface area (Å²) in [6.45, 7) is 5.50. The second-order valence-electron chi connectivity index (χ2n) is 6.43. The number of carbonyl (C=O) groups excluding carboxylic acids is 1. The third kappa shape index (κ3) is 4.32. The van der Waals surface area contributed by atoms with Crippen LogP contribution in [0.5, 0.6) is 11.5 Å². The van der Waals surface area contributed by atoms with Gasteiger partial charge in [0.1, 0.15) is 16.3 Å². The maximum Gasteiger partial charge on any atom is 0.331 e. The summed E-state index contributed by atoms with van der Waals surface area (Å²) in [6, 6.07) is 5.27. The smallest absolute Gasteiger partial charge is 0.331 e. The average Bonchev–Trinajstić information content (AvgIpc) is 3.00. The molecular formula is C21H22N2O5S. The number of aryl methyl sites for hydroxylation is 2. The number of rotatable bonds is 6. The topological polar surface area (TPSA) is 90.5 Å². The number of thiophene rings is 1. The molecule has 2 aromatic heterocycles. The zero-order valence-electron chi connectivity index (χ0n) is 16.9. The van der Waals surface area contributed by atoms with E-state index in [9.17, 15) is 9.59 Å². The number of nitrogens with one attached hydrogen (secondary N) is 1. The van der Waals surface area contributed by atoms with Gasteiger partial charge in [-0.05, 0) is 50.6 Å². The number of methoxy groups -OCH3 is 2. The van der Waals surface area contributed by atoms with Crippen LogP contribution in [0.1, 0.15) is 34.9 Å². The van der Waals surface area contributed by atoms with E-state index in [4.69, 9.17) is 14.2 Å². The van der Waals surface area contributed by atoms with Crippen molar-refractivity contribution in [3.8, 4) is 11.5 Å². The molecule has 152 valence electrons. The van der Waals surface area contributed by atoms with Crippen LogP contribution in [0.2, 0.25) is 0 Å². The van der Waals surface area contributed by atoms with Crippen molar-refractivity contribution < 1.29 is 19.0 Å². The number of hydrogen-bond donors (Lipinski definition) is 1. The van der Waals surface area contributed by atoms with Crippen molar-refractivity contribution in [2.75, 3.05) is 14.2 Å². The molecule has 2 heterocycles. The fourth-order valence-electron chi connectivity index (χ4n) is 2.86. The Morgan fingerprint density at radius 2 is 2.00 bits per heavy atom. The van der Waals surface area contributed by atoms with Crippen LogP contribution >= 0.6 is 11.3 Å². The van der Waals surface area contributed by atoms with E-state index in [-0.39, 0.29) is 5.56 Å². The van der Waals surface area contributed by atoms with Crippen molar-refractivity contribution in [3.63, 3.8) is 0 Å². The number of nitrogens with zero attached hydrogens (tertiary/aromatic N) is 1. The molecule has 0 bridgehead atoms. The molecule has 7 nitrogen and oxygen atoms in total. The van der Waals surface area contributed by atoms with Gasteiger partial charge in [0, 0.05) is 16.5 Å². The van der Waals surface area contributed by atoms with Crippen LogP contribution in [0.15, 0.2) is 29.1 Å². The highest BCUT2D eigenvalue weighted by molar-refractivity contribution is 7.18. The Hall–Kier alpha value is -3.13. The van der Waals surface area contributed by atoms with Crippen molar-refractivity contribution in [2.24, 2.45) is 0 Å². The Morgan fingerprint density at radius 1 is 1.24 bits per heavy atom. The Morgan fingerprint density at radius 3 is 2.69 bits per heavy atom. The van der Waals surface area contributed by atoms with E-state index in [0.29, 0.717) is 33.1 Å². The molecule has 0 aliphatic heterocycles. The molecule has 1 N–H and O–H groups in total. The van der Waals surface area contributed by atoms with Gasteiger partial charge in [-0.15, -0.1) is 11.3 Å². The van der Waals surface area contributed by atoms with Gasteiger partial charge in [-0.25, -0.2) is 9.78 Å². The van der Waals surface area contributed by atoms with Crippen LogP contribution < -0.4 is 15.0 Å². The van der Waals surface area contributed by atoms with E-state index in [1.165, 1.54) is 17.4 Å². The minimum Gasteiger partial charge on any atom is -0.497 e. The highest BCUT2D eigenvalue weighted by Gasteiger charge is 2.17. The predicted octanol–water partition coefficient (Wildman–Crippen LogP) is 3.94. The first kappa shape index (κ1) is 20.6. The van der Waals surface area contributed by atoms with Crippen LogP contribution in [0.3, 0.4) is 0 Å². The van der Waals surface area contributed by atoms with Crippen molar-refractivity contribution >= 4 is 33.6 Å². The number of hydrogen-bond acceptors (Lipinski definition) is 7. The Bertz CT molecular complexity index is 1150. The standard InChI is InChI=1S/C21H22N2O5S/c1-11-13(3)29-21-18(11)20(25)22-19(23-21)12(2)28-17(24)9-6-14-10-15(26-4)7-8-16(14)27-5/h6-10,12H,1-5H3,(H,22,23,25)/b9-6+/t12-/m0/s1. The van der Waals surface area contributed by atoms with Gasteiger partial charge in [0.2, 0.25) is 0 Å². The summed E-state index contributed by atoms with van der Waals surface area (Å²) >= 11 is 1.45. The molecule has 0 radical (unpaired) electrons. The first-order chi connectivity index (χ1) is 13.8. The van der Waals surface area contributed by atoms with E-state index >= 15 is 0 Å². The molecule has 1 atom stereocenters. The SMILES string of the molecule is COc1ccc(OC)c(/C=C/C(=O)O[C@@H](C)c2nc3sc(C)c(C)c3c(=O)[nH]2)c1. The lowest BCUT2D eigenvalue weighted by molar-refractivity contribution is -0.142. The fraction of sp³-hybridized carbons (Fsp3) is 0.286. The van der Waals surface area contributed by atoms with Crippen LogP contribution in [0.4, 0.5) is 0 Å². The Kier molecular flexibility index (Phi) is 6.03. The summed E-state index contributed by atoms with van der Waals surface area (Å²) in [4.78, 5) is 33.5. The quantitative estimate of drug-likeness (QED) is 0.485. The van der Waals surface area contributed by atoms with Gasteiger partial charge >= 0.3 is 5.97 Å². The Labute approximate surface area is 172 Å². The van der Waals surface area contributed by atoms with Crippen LogP contribution in [0, 0.1) is 13.8 Å². The minimum atomic E-state index is -0.709. The third-order valence-corrected chi connectivity index (χ3v) is 5.67. The highest BCUT2D eigenvalue weighted by Crippen LogP contribution is 2.27. The molecule has 0 unspecified atom stereocenters. The summed E-state index contributed by atoms with van der Waals surface area (Å²) in [7, 11) is 3.11. The minimum absolute atomic E-state index is 0.230. The highest BCUT2D eigenvalue weighted by atomic mass is 32.1. The molecule has 0 amide bonds. The molecule has 0 spiro atoms. The summed E-state index contributed by atoms with van der Waals surface area (Å²) in [5, 5.41) is 0.583. The van der Waals surface area contributed by atoms with Crippen molar-refractivity contribution in [3.05, 3.63) is 56.5 Å². The van der Waals surface area contributed by atoms with Gasteiger partial charge in [-0.1, -0.05) is 0 Å². The molecule has 0 saturated carbocycles. The van der Waals surface area contributed by atoms with Crippen molar-refractivity contribution in [1.82, 2.24) is 9.97 Å². The summed E-state index contributed by atoms with van der Waals surface area (Å²) in [6.07, 6.45) is 2.17. The fourth-order valence-corrected chi connectivity index (χ4v) is 3.90. The number of benzene rings is 1. The first-order valence-electron chi connectivity index (χ1n) is 8.94. The van der Waals surface area contributed by atoms with Gasteiger partial charge in [0.05, 0.1) is 19.6 Å². The van der Waals surface area contributed by atoms with E-state index in [1.54, 1.807) is 45.4 Å². The van der Waals surface area contributed by atoms with Gasteiger partial charge in [0.25, 0.3) is 5.56 Å². The first-order valence-corrected chi connectivity index (χ1v) is 9.76. The van der Waals surface area contributed by atoms with Crippen LogP contribution in [-0.4, -0.2) is 30.2 Å². The number of carbonyl (C=O) groups is 1. The van der Waals surface area contributed by atoms with Crippen LogP contribution in [-0.2, 0) is 9.53 Å². The van der Waals surface area contributed by atoms with Crippen LogP contribution in [0.25, 0.3) is 16.3 Å². The lowest BCUT2D eigenvalue weighted by Crippen LogP contribution is -2.16.